The van der Waals surface area contributed by atoms with Gasteiger partial charge in [0.2, 0.25) is 0 Å². The summed E-state index contributed by atoms with van der Waals surface area (Å²) in [5.74, 6) is 0.508. The van der Waals surface area contributed by atoms with Gasteiger partial charge in [-0.1, -0.05) is 0 Å². The molecule has 0 atom stereocenters. The van der Waals surface area contributed by atoms with Gasteiger partial charge in [0, 0.05) is 23.4 Å². The predicted octanol–water partition coefficient (Wildman–Crippen LogP) is 3.92. The molecule has 0 aliphatic rings. The van der Waals surface area contributed by atoms with E-state index in [9.17, 15) is 20.0 Å². The lowest BCUT2D eigenvalue weighted by Crippen LogP contribution is -2.02. The molecule has 0 bridgehead atoms. The van der Waals surface area contributed by atoms with Crippen LogP contribution in [-0.2, 0) is 11.2 Å². The van der Waals surface area contributed by atoms with E-state index in [2.05, 4.69) is 4.98 Å². The van der Waals surface area contributed by atoms with E-state index in [4.69, 9.17) is 18.9 Å². The molecule has 3 aromatic rings. The first-order chi connectivity index (χ1) is 15.3. The third-order valence-electron chi connectivity index (χ3n) is 4.84. The van der Waals surface area contributed by atoms with Crippen molar-refractivity contribution in [3.8, 4) is 45.4 Å². The second-order valence-electron chi connectivity index (χ2n) is 6.73. The van der Waals surface area contributed by atoms with E-state index in [1.54, 1.807) is 36.4 Å². The Labute approximate surface area is 183 Å². The van der Waals surface area contributed by atoms with Gasteiger partial charge in [-0.25, -0.2) is 0 Å². The van der Waals surface area contributed by atoms with Gasteiger partial charge >= 0.3 is 11.7 Å². The Morgan fingerprint density at radius 2 is 1.31 bits per heavy atom. The first kappa shape index (κ1) is 22.5. The molecule has 0 fully saturated rings. The van der Waals surface area contributed by atoms with Gasteiger partial charge in [-0.2, -0.15) is 0 Å². The van der Waals surface area contributed by atoms with Crippen molar-refractivity contribution in [1.29, 1.82) is 0 Å². The summed E-state index contributed by atoms with van der Waals surface area (Å²) >= 11 is 0. The van der Waals surface area contributed by atoms with Gasteiger partial charge in [0.1, 0.15) is 28.7 Å². The van der Waals surface area contributed by atoms with Crippen LogP contribution in [0.2, 0.25) is 0 Å². The van der Waals surface area contributed by atoms with Crippen LogP contribution in [0.1, 0.15) is 5.69 Å². The standard InChI is InChI=1S/C22H22N2O8/c1-29-14-5-12(6-15(9-14)30-2)20-18(11-19(25)26)23-21(22(20)24(27)28)13-7-16(31-3)10-17(8-13)32-4/h5-10,23H,11H2,1-4H3,(H,25,26). The number of methoxy groups -OCH3 is 4. The van der Waals surface area contributed by atoms with Crippen molar-refractivity contribution in [1.82, 2.24) is 4.98 Å². The molecule has 0 spiro atoms. The topological polar surface area (TPSA) is 133 Å². The summed E-state index contributed by atoms with van der Waals surface area (Å²) in [5, 5.41) is 21.7. The lowest BCUT2D eigenvalue weighted by atomic mass is 10.00. The Kier molecular flexibility index (Phi) is 6.53. The van der Waals surface area contributed by atoms with Gasteiger partial charge in [0.05, 0.1) is 45.3 Å². The van der Waals surface area contributed by atoms with Crippen molar-refractivity contribution in [2.75, 3.05) is 28.4 Å². The van der Waals surface area contributed by atoms with Crippen molar-refractivity contribution in [3.05, 3.63) is 52.2 Å². The van der Waals surface area contributed by atoms with Crippen molar-refractivity contribution < 1.29 is 33.8 Å². The first-order valence-corrected chi connectivity index (χ1v) is 9.39. The number of carboxylic acid groups (broad SMARTS) is 1. The number of nitro groups is 1. The molecule has 0 amide bonds. The highest BCUT2D eigenvalue weighted by Gasteiger charge is 2.31. The van der Waals surface area contributed by atoms with Crippen LogP contribution in [0, 0.1) is 10.1 Å². The van der Waals surface area contributed by atoms with Gasteiger partial charge in [0.15, 0.2) is 0 Å². The molecule has 0 aliphatic heterocycles. The molecular formula is C22H22N2O8. The number of ether oxygens (including phenoxy) is 4. The Bertz CT molecular complexity index is 1120. The van der Waals surface area contributed by atoms with Crippen LogP contribution >= 0.6 is 0 Å². The molecule has 32 heavy (non-hydrogen) atoms. The number of rotatable bonds is 9. The summed E-state index contributed by atoms with van der Waals surface area (Å²) in [6, 6.07) is 9.61. The molecule has 0 saturated heterocycles. The molecule has 168 valence electrons. The second kappa shape index (κ2) is 9.29. The van der Waals surface area contributed by atoms with E-state index in [1.165, 1.54) is 28.4 Å². The molecule has 2 aromatic carbocycles. The number of H-pyrrole nitrogens is 1. The molecule has 1 aromatic heterocycles. The quantitative estimate of drug-likeness (QED) is 0.376. The minimum Gasteiger partial charge on any atom is -0.497 e. The zero-order valence-electron chi connectivity index (χ0n) is 17.9. The molecule has 0 aliphatic carbocycles. The number of benzene rings is 2. The number of carboxylic acids is 1. The number of aliphatic carboxylic acids is 1. The molecule has 2 N–H and O–H groups in total. The highest BCUT2D eigenvalue weighted by Crippen LogP contribution is 2.44. The van der Waals surface area contributed by atoms with Gasteiger partial charge < -0.3 is 29.0 Å². The summed E-state index contributed by atoms with van der Waals surface area (Å²) in [7, 11) is 5.84. The van der Waals surface area contributed by atoms with Gasteiger partial charge in [0.25, 0.3) is 0 Å². The molecule has 1 heterocycles. The van der Waals surface area contributed by atoms with E-state index >= 15 is 0 Å². The lowest BCUT2D eigenvalue weighted by molar-refractivity contribution is -0.383. The summed E-state index contributed by atoms with van der Waals surface area (Å²) < 4.78 is 21.1. The Hall–Kier alpha value is -4.21. The van der Waals surface area contributed by atoms with Crippen LogP contribution in [0.15, 0.2) is 36.4 Å². The van der Waals surface area contributed by atoms with Crippen LogP contribution in [-0.4, -0.2) is 49.4 Å². The maximum Gasteiger partial charge on any atom is 0.309 e. The maximum absolute atomic E-state index is 12.2. The molecule has 3 rings (SSSR count). The minimum atomic E-state index is -1.15. The first-order valence-electron chi connectivity index (χ1n) is 9.39. The number of nitrogens with one attached hydrogen (secondary N) is 1. The number of carbonyl (C=O) groups is 1. The van der Waals surface area contributed by atoms with Crippen molar-refractivity contribution >= 4 is 11.7 Å². The highest BCUT2D eigenvalue weighted by atomic mass is 16.6. The Morgan fingerprint density at radius 1 is 0.875 bits per heavy atom. The highest BCUT2D eigenvalue weighted by molar-refractivity contribution is 5.90. The molecule has 0 saturated carbocycles. The van der Waals surface area contributed by atoms with Crippen LogP contribution < -0.4 is 18.9 Å². The van der Waals surface area contributed by atoms with Gasteiger partial charge in [-0.15, -0.1) is 0 Å². The third-order valence-corrected chi connectivity index (χ3v) is 4.84. The van der Waals surface area contributed by atoms with Crippen LogP contribution in [0.3, 0.4) is 0 Å². The van der Waals surface area contributed by atoms with Crippen LogP contribution in [0.4, 0.5) is 5.69 Å². The Balaban J connectivity index is 2.37. The summed E-state index contributed by atoms with van der Waals surface area (Å²) in [5.41, 5.74) is 0.914. The fraction of sp³-hybridized carbons (Fsp3) is 0.227. The third kappa shape index (κ3) is 4.43. The van der Waals surface area contributed by atoms with Crippen molar-refractivity contribution in [3.63, 3.8) is 0 Å². The SMILES string of the molecule is COc1cc(OC)cc(-c2[nH]c(CC(=O)O)c(-c3cc(OC)cc(OC)c3)c2[N+](=O)[O-])c1. The van der Waals surface area contributed by atoms with E-state index < -0.39 is 17.3 Å². The minimum absolute atomic E-state index is 0.125. The molecule has 0 radical (unpaired) electrons. The fourth-order valence-corrected chi connectivity index (χ4v) is 3.43. The van der Waals surface area contributed by atoms with E-state index in [0.717, 1.165) is 0 Å². The summed E-state index contributed by atoms with van der Waals surface area (Å²) in [4.78, 5) is 26.2. The number of hydrogen-bond donors (Lipinski definition) is 2. The number of nitrogens with zero attached hydrogens (tertiary/aromatic N) is 1. The average Bonchev–Trinajstić information content (AvgIpc) is 3.16. The molecule has 10 nitrogen and oxygen atoms in total. The monoisotopic (exact) mass is 442 g/mol. The van der Waals surface area contributed by atoms with Crippen molar-refractivity contribution in [2.24, 2.45) is 0 Å². The maximum atomic E-state index is 12.2. The summed E-state index contributed by atoms with van der Waals surface area (Å²) in [6.07, 6.45) is -0.462. The smallest absolute Gasteiger partial charge is 0.309 e. The average molecular weight is 442 g/mol. The zero-order valence-corrected chi connectivity index (χ0v) is 17.9. The molecular weight excluding hydrogens is 420 g/mol. The van der Waals surface area contributed by atoms with Gasteiger partial charge in [-0.3, -0.25) is 14.9 Å². The lowest BCUT2D eigenvalue weighted by Gasteiger charge is -2.09. The second-order valence-corrected chi connectivity index (χ2v) is 6.73. The number of aromatic amines is 1. The van der Waals surface area contributed by atoms with E-state index in [0.29, 0.717) is 34.1 Å². The Morgan fingerprint density at radius 3 is 1.69 bits per heavy atom. The zero-order chi connectivity index (χ0) is 23.4. The van der Waals surface area contributed by atoms with Crippen LogP contribution in [0.5, 0.6) is 23.0 Å². The number of aromatic nitrogens is 1. The van der Waals surface area contributed by atoms with Crippen molar-refractivity contribution in [2.45, 2.75) is 6.42 Å². The number of hydrogen-bond acceptors (Lipinski definition) is 7. The van der Waals surface area contributed by atoms with E-state index in [-0.39, 0.29) is 22.6 Å². The normalized spacial score (nSPS) is 10.5. The molecule has 0 unspecified atom stereocenters. The van der Waals surface area contributed by atoms with Gasteiger partial charge in [-0.05, 0) is 29.8 Å². The predicted molar refractivity (Wildman–Crippen MR) is 116 cm³/mol. The largest absolute Gasteiger partial charge is 0.497 e. The molecule has 10 heteroatoms. The fourth-order valence-electron chi connectivity index (χ4n) is 3.43. The van der Waals surface area contributed by atoms with E-state index in [1.807, 2.05) is 0 Å². The van der Waals surface area contributed by atoms with Crippen LogP contribution in [0.25, 0.3) is 22.4 Å². The summed E-state index contributed by atoms with van der Waals surface area (Å²) in [6.45, 7) is 0.